The third-order valence-electron chi connectivity index (χ3n) is 9.99. The van der Waals surface area contributed by atoms with Crippen molar-refractivity contribution < 1.29 is 27.8 Å². The fourth-order valence-electron chi connectivity index (χ4n) is 6.94. The Hall–Kier alpha value is -7.72. The van der Waals surface area contributed by atoms with Crippen molar-refractivity contribution in [2.45, 2.75) is 26.4 Å². The number of carbonyl (C=O) groups is 2. The quantitative estimate of drug-likeness (QED) is 0.121. The standard InChI is InChI=1S/C28H21FN2O2.C23H19FN2O2/c29-25-17-23(28(32)33-19-21-9-5-2-6-10-21)12-14-27(25)31-18-24-16-22(11-13-26(24)30-31)15-20-7-3-1-4-8-20;1-2-28-23(27)18-9-11-22(20(24)14-18)26-15-19-13-17(8-10-21(19)25-26)12-16-6-4-3-5-7-16/h1-14,16-18H,15,19H2;3-11,13-15H,2,12H2,1H3. The number of benzene rings is 7. The lowest BCUT2D eigenvalue weighted by Crippen LogP contribution is -2.07. The zero-order valence-electron chi connectivity index (χ0n) is 33.2. The molecule has 0 saturated heterocycles. The molecule has 0 radical (unpaired) electrons. The average molecular weight is 811 g/mol. The molecule has 10 heteroatoms. The largest absolute Gasteiger partial charge is 0.462 e. The van der Waals surface area contributed by atoms with Gasteiger partial charge in [0.2, 0.25) is 0 Å². The summed E-state index contributed by atoms with van der Waals surface area (Å²) in [6.07, 6.45) is 5.24. The molecule has 0 aliphatic heterocycles. The van der Waals surface area contributed by atoms with Gasteiger partial charge in [-0.3, -0.25) is 0 Å². The van der Waals surface area contributed by atoms with E-state index in [0.717, 1.165) is 51.3 Å². The van der Waals surface area contributed by atoms with Gasteiger partial charge in [0, 0.05) is 23.2 Å². The lowest BCUT2D eigenvalue weighted by Gasteiger charge is -2.07. The molecule has 2 heterocycles. The van der Waals surface area contributed by atoms with E-state index in [0.29, 0.717) is 0 Å². The van der Waals surface area contributed by atoms with Crippen LogP contribution in [0.25, 0.3) is 33.2 Å². The van der Waals surface area contributed by atoms with Crippen LogP contribution >= 0.6 is 0 Å². The topological polar surface area (TPSA) is 88.2 Å². The highest BCUT2D eigenvalue weighted by atomic mass is 19.1. The fourth-order valence-corrected chi connectivity index (χ4v) is 6.94. The second kappa shape index (κ2) is 18.5. The van der Waals surface area contributed by atoms with Crippen molar-refractivity contribution in [1.29, 1.82) is 0 Å². The molecule has 0 amide bonds. The van der Waals surface area contributed by atoms with E-state index in [4.69, 9.17) is 9.47 Å². The molecule has 9 rings (SSSR count). The summed E-state index contributed by atoms with van der Waals surface area (Å²) >= 11 is 0. The fraction of sp³-hybridized carbons (Fsp3) is 0.0980. The van der Waals surface area contributed by atoms with Gasteiger partial charge in [-0.25, -0.2) is 27.7 Å². The molecule has 0 aliphatic carbocycles. The van der Waals surface area contributed by atoms with Gasteiger partial charge < -0.3 is 9.47 Å². The highest BCUT2D eigenvalue weighted by Gasteiger charge is 2.15. The van der Waals surface area contributed by atoms with Gasteiger partial charge in [0.25, 0.3) is 0 Å². The molecule has 2 aromatic heterocycles. The second-order valence-corrected chi connectivity index (χ2v) is 14.4. The predicted molar refractivity (Wildman–Crippen MR) is 232 cm³/mol. The smallest absolute Gasteiger partial charge is 0.338 e. The first-order chi connectivity index (χ1) is 29.8. The predicted octanol–water partition coefficient (Wildman–Crippen LogP) is 11.0. The van der Waals surface area contributed by atoms with Crippen LogP contribution in [0, 0.1) is 11.6 Å². The Balaban J connectivity index is 0.000000171. The molecule has 9 aromatic rings. The van der Waals surface area contributed by atoms with E-state index >= 15 is 0 Å². The Morgan fingerprint density at radius 3 is 1.34 bits per heavy atom. The Morgan fingerprint density at radius 2 is 0.918 bits per heavy atom. The van der Waals surface area contributed by atoms with E-state index in [-0.39, 0.29) is 35.7 Å². The van der Waals surface area contributed by atoms with Gasteiger partial charge in [-0.2, -0.15) is 10.2 Å². The van der Waals surface area contributed by atoms with E-state index in [1.165, 1.54) is 32.6 Å². The van der Waals surface area contributed by atoms with Crippen molar-refractivity contribution in [2.75, 3.05) is 6.61 Å². The summed E-state index contributed by atoms with van der Waals surface area (Å²) in [5, 5.41) is 10.8. The third kappa shape index (κ3) is 9.77. The van der Waals surface area contributed by atoms with E-state index in [9.17, 15) is 18.4 Å². The van der Waals surface area contributed by atoms with Gasteiger partial charge in [-0.05, 0) is 108 Å². The van der Waals surface area contributed by atoms with Crippen molar-refractivity contribution in [3.05, 3.63) is 227 Å². The summed E-state index contributed by atoms with van der Waals surface area (Å²) in [4.78, 5) is 24.1. The van der Waals surface area contributed by atoms with Gasteiger partial charge in [0.15, 0.2) is 0 Å². The van der Waals surface area contributed by atoms with E-state index in [1.807, 2.05) is 91.0 Å². The number of nitrogens with zero attached hydrogens (tertiary/aromatic N) is 4. The number of aromatic nitrogens is 4. The lowest BCUT2D eigenvalue weighted by atomic mass is 10.0. The summed E-state index contributed by atoms with van der Waals surface area (Å²) < 4.78 is 42.7. The Bertz CT molecular complexity index is 2950. The van der Waals surface area contributed by atoms with Gasteiger partial charge in [-0.1, -0.05) is 103 Å². The molecule has 302 valence electrons. The maximum Gasteiger partial charge on any atom is 0.338 e. The Kier molecular flexibility index (Phi) is 12.1. The van der Waals surface area contributed by atoms with Crippen LogP contribution in [-0.4, -0.2) is 38.1 Å². The monoisotopic (exact) mass is 810 g/mol. The molecule has 0 atom stereocenters. The van der Waals surface area contributed by atoms with Crippen molar-refractivity contribution in [1.82, 2.24) is 19.6 Å². The molecule has 0 bridgehead atoms. The Morgan fingerprint density at radius 1 is 0.492 bits per heavy atom. The maximum atomic E-state index is 14.9. The van der Waals surface area contributed by atoms with Crippen LogP contribution in [0.4, 0.5) is 8.78 Å². The van der Waals surface area contributed by atoms with E-state index < -0.39 is 23.6 Å². The number of esters is 2. The second-order valence-electron chi connectivity index (χ2n) is 14.4. The van der Waals surface area contributed by atoms with Crippen molar-refractivity contribution >= 4 is 33.7 Å². The minimum atomic E-state index is -0.569. The van der Waals surface area contributed by atoms with Crippen LogP contribution in [-0.2, 0) is 28.9 Å². The van der Waals surface area contributed by atoms with Crippen LogP contribution in [0.2, 0.25) is 0 Å². The van der Waals surface area contributed by atoms with Crippen LogP contribution in [0.1, 0.15) is 55.5 Å². The molecule has 8 nitrogen and oxygen atoms in total. The van der Waals surface area contributed by atoms with Gasteiger partial charge in [0.1, 0.15) is 29.6 Å². The number of hydrogen-bond donors (Lipinski definition) is 0. The molecule has 0 saturated carbocycles. The molecule has 61 heavy (non-hydrogen) atoms. The maximum absolute atomic E-state index is 14.9. The third-order valence-corrected chi connectivity index (χ3v) is 9.99. The van der Waals surface area contributed by atoms with Crippen molar-refractivity contribution in [3.63, 3.8) is 0 Å². The molecular weight excluding hydrogens is 771 g/mol. The molecular formula is C51H40F2N4O4. The number of hydrogen-bond acceptors (Lipinski definition) is 6. The summed E-state index contributed by atoms with van der Waals surface area (Å²) in [5.74, 6) is -2.17. The van der Waals surface area contributed by atoms with Crippen LogP contribution in [0.5, 0.6) is 0 Å². The molecule has 0 spiro atoms. The minimum absolute atomic E-state index is 0.138. The normalized spacial score (nSPS) is 10.9. The van der Waals surface area contributed by atoms with E-state index in [2.05, 4.69) is 46.6 Å². The number of rotatable bonds is 11. The first-order valence-corrected chi connectivity index (χ1v) is 19.8. The first kappa shape index (κ1) is 40.1. The number of carbonyl (C=O) groups excluding carboxylic acids is 2. The summed E-state index contributed by atoms with van der Waals surface area (Å²) in [6.45, 7) is 2.10. The minimum Gasteiger partial charge on any atom is -0.462 e. The Labute approximate surface area is 351 Å². The van der Waals surface area contributed by atoms with Gasteiger partial charge in [0.05, 0.1) is 28.8 Å². The zero-order valence-corrected chi connectivity index (χ0v) is 33.2. The average Bonchev–Trinajstić information content (AvgIpc) is 3.91. The van der Waals surface area contributed by atoms with Crippen molar-refractivity contribution in [2.24, 2.45) is 0 Å². The van der Waals surface area contributed by atoms with Crippen LogP contribution in [0.3, 0.4) is 0 Å². The molecule has 0 fully saturated rings. The molecule has 7 aromatic carbocycles. The zero-order chi connectivity index (χ0) is 42.1. The number of ether oxygens (including phenoxy) is 2. The van der Waals surface area contributed by atoms with Crippen LogP contribution < -0.4 is 0 Å². The summed E-state index contributed by atoms with van der Waals surface area (Å²) in [5.41, 5.74) is 8.12. The first-order valence-electron chi connectivity index (χ1n) is 19.8. The molecule has 0 aliphatic rings. The SMILES string of the molecule is CCOC(=O)c1ccc(-n2cc3cc(Cc4ccccc4)ccc3n2)c(F)c1.O=C(OCc1ccccc1)c1ccc(-n2cc3cc(Cc4ccccc4)ccc3n2)c(F)c1. The molecule has 0 N–H and O–H groups in total. The van der Waals surface area contributed by atoms with Gasteiger partial charge in [-0.15, -0.1) is 0 Å². The number of halogens is 2. The highest BCUT2D eigenvalue weighted by Crippen LogP contribution is 2.24. The van der Waals surface area contributed by atoms with E-state index in [1.54, 1.807) is 43.6 Å². The van der Waals surface area contributed by atoms with Crippen LogP contribution in [0.15, 0.2) is 176 Å². The van der Waals surface area contributed by atoms with Gasteiger partial charge >= 0.3 is 11.9 Å². The summed E-state index contributed by atoms with van der Waals surface area (Å²) in [6, 6.07) is 50.5. The lowest BCUT2D eigenvalue weighted by molar-refractivity contribution is 0.0470. The van der Waals surface area contributed by atoms with Crippen molar-refractivity contribution in [3.8, 4) is 11.4 Å². The summed E-state index contributed by atoms with van der Waals surface area (Å²) in [7, 11) is 0. The highest BCUT2D eigenvalue weighted by molar-refractivity contribution is 5.90. The number of fused-ring (bicyclic) bond motifs is 2. The molecule has 0 unspecified atom stereocenters.